The first-order chi connectivity index (χ1) is 9.30. The van der Waals surface area contributed by atoms with Crippen LogP contribution in [-0.2, 0) is 9.53 Å². The number of carbonyl (C=O) groups is 1. The maximum absolute atomic E-state index is 11.8. The Morgan fingerprint density at radius 1 is 1.35 bits per heavy atom. The Morgan fingerprint density at radius 3 is 2.35 bits per heavy atom. The van der Waals surface area contributed by atoms with E-state index in [2.05, 4.69) is 10.1 Å². The fraction of sp³-hybridized carbons (Fsp3) is 0.500. The monoisotopic (exact) mass is 280 g/mol. The van der Waals surface area contributed by atoms with Crippen LogP contribution in [0.15, 0.2) is 30.3 Å². The molecule has 0 radical (unpaired) electrons. The van der Waals surface area contributed by atoms with E-state index < -0.39 is 22.5 Å². The van der Waals surface area contributed by atoms with E-state index in [1.807, 2.05) is 37.3 Å². The Balaban J connectivity index is 2.97. The zero-order chi connectivity index (χ0) is 15.3. The Kier molecular flexibility index (Phi) is 5.21. The highest BCUT2D eigenvalue weighted by Gasteiger charge is 2.46. The summed E-state index contributed by atoms with van der Waals surface area (Å²) >= 11 is 0. The molecule has 0 aliphatic rings. The number of rotatable bonds is 6. The number of carbonyl (C=O) groups excluding carboxylic acids is 1. The third-order valence-corrected chi connectivity index (χ3v) is 3.33. The second-order valence-electron chi connectivity index (χ2n) is 5.17. The van der Waals surface area contributed by atoms with Gasteiger partial charge in [-0.2, -0.15) is 0 Å². The highest BCUT2D eigenvalue weighted by molar-refractivity contribution is 5.77. The summed E-state index contributed by atoms with van der Waals surface area (Å²) in [6.45, 7) is 4.65. The van der Waals surface area contributed by atoms with Crippen LogP contribution in [0.5, 0.6) is 0 Å². The van der Waals surface area contributed by atoms with Crippen molar-refractivity contribution in [2.75, 3.05) is 7.11 Å². The zero-order valence-electron chi connectivity index (χ0n) is 12.1. The molecule has 6 nitrogen and oxygen atoms in total. The molecule has 0 spiro atoms. The molecule has 2 atom stereocenters. The summed E-state index contributed by atoms with van der Waals surface area (Å²) in [5.74, 6) is -0.644. The molecule has 1 aromatic rings. The number of hydrogen-bond acceptors (Lipinski definition) is 5. The Labute approximate surface area is 118 Å². The predicted octanol–water partition coefficient (Wildman–Crippen LogP) is 1.93. The molecule has 0 bridgehead atoms. The average Bonchev–Trinajstić information content (AvgIpc) is 2.44. The normalized spacial score (nSPS) is 14.4. The number of benzene rings is 1. The molecule has 1 unspecified atom stereocenters. The maximum Gasteiger partial charge on any atom is 0.330 e. The van der Waals surface area contributed by atoms with Gasteiger partial charge in [0, 0.05) is 24.8 Å². The van der Waals surface area contributed by atoms with Gasteiger partial charge in [-0.15, -0.1) is 0 Å². The fourth-order valence-corrected chi connectivity index (χ4v) is 1.87. The van der Waals surface area contributed by atoms with Crippen LogP contribution >= 0.6 is 0 Å². The van der Waals surface area contributed by atoms with Gasteiger partial charge in [-0.05, 0) is 12.5 Å². The Bertz CT molecular complexity index is 473. The van der Waals surface area contributed by atoms with Gasteiger partial charge in [0.15, 0.2) is 6.04 Å². The van der Waals surface area contributed by atoms with Gasteiger partial charge >= 0.3 is 5.97 Å². The van der Waals surface area contributed by atoms with Crippen molar-refractivity contribution in [3.05, 3.63) is 46.0 Å². The van der Waals surface area contributed by atoms with E-state index in [0.717, 1.165) is 5.56 Å². The summed E-state index contributed by atoms with van der Waals surface area (Å²) in [5.41, 5.74) is -0.517. The zero-order valence-corrected chi connectivity index (χ0v) is 12.1. The number of esters is 1. The number of methoxy groups -OCH3 is 1. The van der Waals surface area contributed by atoms with Crippen molar-refractivity contribution in [2.45, 2.75) is 38.4 Å². The molecule has 1 rings (SSSR count). The van der Waals surface area contributed by atoms with Crippen molar-refractivity contribution in [3.63, 3.8) is 0 Å². The van der Waals surface area contributed by atoms with Gasteiger partial charge in [0.1, 0.15) is 0 Å². The molecular formula is C14H20N2O4. The van der Waals surface area contributed by atoms with Crippen LogP contribution in [0.25, 0.3) is 0 Å². The van der Waals surface area contributed by atoms with E-state index in [-0.39, 0.29) is 6.04 Å². The summed E-state index contributed by atoms with van der Waals surface area (Å²) in [6, 6.07) is 8.18. The molecule has 1 aromatic carbocycles. The SMILES string of the molecule is COC(=O)C(N[C@@H](C)c1ccccc1)C(C)(C)[N+](=O)[O-]. The lowest BCUT2D eigenvalue weighted by molar-refractivity contribution is -0.563. The summed E-state index contributed by atoms with van der Waals surface area (Å²) < 4.78 is 4.68. The van der Waals surface area contributed by atoms with Gasteiger partial charge < -0.3 is 4.74 Å². The van der Waals surface area contributed by atoms with Gasteiger partial charge in [-0.25, -0.2) is 0 Å². The highest BCUT2D eigenvalue weighted by Crippen LogP contribution is 2.20. The summed E-state index contributed by atoms with van der Waals surface area (Å²) in [5, 5.41) is 14.1. The lowest BCUT2D eigenvalue weighted by atomic mass is 9.93. The molecule has 20 heavy (non-hydrogen) atoms. The Hall–Kier alpha value is -1.95. The molecular weight excluding hydrogens is 260 g/mol. The molecule has 0 aliphatic heterocycles. The standard InChI is InChI=1S/C14H20N2O4/c1-10(11-8-6-5-7-9-11)15-12(13(17)20-4)14(2,3)16(18)19/h5-10,12,15H,1-4H3/t10-,12?/m0/s1. The number of nitro groups is 1. The first-order valence-corrected chi connectivity index (χ1v) is 6.34. The lowest BCUT2D eigenvalue weighted by Gasteiger charge is -2.28. The Morgan fingerprint density at radius 2 is 1.90 bits per heavy atom. The highest BCUT2D eigenvalue weighted by atomic mass is 16.6. The van der Waals surface area contributed by atoms with Crippen molar-refractivity contribution >= 4 is 5.97 Å². The quantitative estimate of drug-likeness (QED) is 0.489. The van der Waals surface area contributed by atoms with E-state index >= 15 is 0 Å². The van der Waals surface area contributed by atoms with Gasteiger partial charge in [-0.1, -0.05) is 30.3 Å². The van der Waals surface area contributed by atoms with Crippen molar-refractivity contribution < 1.29 is 14.5 Å². The molecule has 6 heteroatoms. The number of nitrogens with zero attached hydrogens (tertiary/aromatic N) is 1. The smallest absolute Gasteiger partial charge is 0.330 e. The van der Waals surface area contributed by atoms with Crippen LogP contribution in [0.1, 0.15) is 32.4 Å². The van der Waals surface area contributed by atoms with Crippen molar-refractivity contribution in [3.8, 4) is 0 Å². The first kappa shape index (κ1) is 16.1. The molecule has 0 fully saturated rings. The van der Waals surface area contributed by atoms with Crippen LogP contribution in [0.4, 0.5) is 0 Å². The molecule has 0 saturated carbocycles. The van der Waals surface area contributed by atoms with Crippen molar-refractivity contribution in [1.82, 2.24) is 5.32 Å². The van der Waals surface area contributed by atoms with Crippen molar-refractivity contribution in [2.24, 2.45) is 0 Å². The molecule has 0 aliphatic carbocycles. The minimum absolute atomic E-state index is 0.209. The third kappa shape index (κ3) is 3.54. The van der Waals surface area contributed by atoms with Crippen LogP contribution in [0, 0.1) is 10.1 Å². The molecule has 110 valence electrons. The minimum atomic E-state index is -1.46. The minimum Gasteiger partial charge on any atom is -0.468 e. The van der Waals surface area contributed by atoms with Gasteiger partial charge in [0.25, 0.3) is 0 Å². The van der Waals surface area contributed by atoms with Crippen LogP contribution in [0.2, 0.25) is 0 Å². The van der Waals surface area contributed by atoms with Gasteiger partial charge in [0.2, 0.25) is 5.54 Å². The van der Waals surface area contributed by atoms with E-state index in [0.29, 0.717) is 0 Å². The number of ether oxygens (including phenoxy) is 1. The number of nitrogens with one attached hydrogen (secondary N) is 1. The molecule has 0 aromatic heterocycles. The largest absolute Gasteiger partial charge is 0.468 e. The van der Waals surface area contributed by atoms with E-state index in [9.17, 15) is 14.9 Å². The lowest BCUT2D eigenvalue weighted by Crippen LogP contribution is -2.57. The molecule has 0 saturated heterocycles. The summed E-state index contributed by atoms with van der Waals surface area (Å²) in [4.78, 5) is 22.5. The van der Waals surface area contributed by atoms with Crippen molar-refractivity contribution in [1.29, 1.82) is 0 Å². The molecule has 0 amide bonds. The fourth-order valence-electron chi connectivity index (χ4n) is 1.87. The summed E-state index contributed by atoms with van der Waals surface area (Å²) in [7, 11) is 1.22. The number of hydrogen-bond donors (Lipinski definition) is 1. The third-order valence-electron chi connectivity index (χ3n) is 3.33. The average molecular weight is 280 g/mol. The van der Waals surface area contributed by atoms with Gasteiger partial charge in [-0.3, -0.25) is 20.2 Å². The second kappa shape index (κ2) is 6.47. The van der Waals surface area contributed by atoms with E-state index in [1.54, 1.807) is 0 Å². The van der Waals surface area contributed by atoms with E-state index in [4.69, 9.17) is 0 Å². The van der Waals surface area contributed by atoms with Crippen LogP contribution < -0.4 is 5.32 Å². The van der Waals surface area contributed by atoms with Crippen LogP contribution in [0.3, 0.4) is 0 Å². The maximum atomic E-state index is 11.8. The molecule has 1 N–H and O–H groups in total. The topological polar surface area (TPSA) is 81.5 Å². The second-order valence-corrected chi connectivity index (χ2v) is 5.17. The van der Waals surface area contributed by atoms with Gasteiger partial charge in [0.05, 0.1) is 7.11 Å². The molecule has 0 heterocycles. The first-order valence-electron chi connectivity index (χ1n) is 6.34. The predicted molar refractivity (Wildman–Crippen MR) is 74.9 cm³/mol. The van der Waals surface area contributed by atoms with E-state index in [1.165, 1.54) is 21.0 Å². The van der Waals surface area contributed by atoms with Crippen LogP contribution in [-0.4, -0.2) is 29.6 Å². The summed E-state index contributed by atoms with van der Waals surface area (Å²) in [6.07, 6.45) is 0.